The van der Waals surface area contributed by atoms with E-state index >= 15 is 0 Å². The van der Waals surface area contributed by atoms with Gasteiger partial charge in [-0.1, -0.05) is 6.07 Å². The Morgan fingerprint density at radius 1 is 1.32 bits per heavy atom. The first kappa shape index (κ1) is 16.3. The van der Waals surface area contributed by atoms with Crippen molar-refractivity contribution in [2.45, 2.75) is 50.8 Å². The highest BCUT2D eigenvalue weighted by Crippen LogP contribution is 2.47. The molecule has 0 saturated heterocycles. The molecule has 2 aromatic heterocycles. The third-order valence-electron chi connectivity index (χ3n) is 5.55. The van der Waals surface area contributed by atoms with Crippen LogP contribution >= 0.6 is 0 Å². The summed E-state index contributed by atoms with van der Waals surface area (Å²) in [6.45, 7) is 0.634. The average molecular weight is 340 g/mol. The third-order valence-corrected chi connectivity index (χ3v) is 5.55. The molecule has 25 heavy (non-hydrogen) atoms. The fourth-order valence-electron chi connectivity index (χ4n) is 3.67. The van der Waals surface area contributed by atoms with E-state index in [-0.39, 0.29) is 23.5 Å². The number of nitrogens with zero attached hydrogens (tertiary/aromatic N) is 3. The maximum Gasteiger partial charge on any atom is 0.228 e. The Labute approximate surface area is 147 Å². The molecule has 2 aliphatic carbocycles. The summed E-state index contributed by atoms with van der Waals surface area (Å²) in [7, 11) is 0. The van der Waals surface area contributed by atoms with Crippen LogP contribution in [0.25, 0.3) is 0 Å². The summed E-state index contributed by atoms with van der Waals surface area (Å²) in [6, 6.07) is 7.77. The van der Waals surface area contributed by atoms with Crippen molar-refractivity contribution in [3.05, 3.63) is 48.5 Å². The molecule has 2 aliphatic rings. The summed E-state index contributed by atoms with van der Waals surface area (Å²) >= 11 is 0. The van der Waals surface area contributed by atoms with E-state index in [4.69, 9.17) is 0 Å². The van der Waals surface area contributed by atoms with Crippen LogP contribution in [0.4, 0.5) is 0 Å². The van der Waals surface area contributed by atoms with Gasteiger partial charge in [0.15, 0.2) is 0 Å². The van der Waals surface area contributed by atoms with Gasteiger partial charge in [-0.3, -0.25) is 14.5 Å². The van der Waals surface area contributed by atoms with Crippen LogP contribution < -0.4 is 5.32 Å². The maximum absolute atomic E-state index is 12.9. The van der Waals surface area contributed by atoms with Crippen molar-refractivity contribution >= 4 is 5.91 Å². The number of aromatic nitrogens is 3. The first-order valence-corrected chi connectivity index (χ1v) is 9.01. The van der Waals surface area contributed by atoms with Crippen LogP contribution in [0.2, 0.25) is 0 Å². The van der Waals surface area contributed by atoms with Gasteiger partial charge in [-0.25, -0.2) is 0 Å². The Morgan fingerprint density at radius 3 is 2.76 bits per heavy atom. The number of carbonyl (C=O) groups is 1. The smallest absolute Gasteiger partial charge is 0.228 e. The van der Waals surface area contributed by atoms with Crippen LogP contribution in [0.15, 0.2) is 42.9 Å². The van der Waals surface area contributed by atoms with Crippen molar-refractivity contribution in [3.8, 4) is 0 Å². The molecule has 0 spiro atoms. The van der Waals surface area contributed by atoms with Crippen molar-refractivity contribution in [1.29, 1.82) is 0 Å². The molecule has 132 valence electrons. The van der Waals surface area contributed by atoms with E-state index < -0.39 is 0 Å². The van der Waals surface area contributed by atoms with Gasteiger partial charge >= 0.3 is 0 Å². The third kappa shape index (κ3) is 3.58. The summed E-state index contributed by atoms with van der Waals surface area (Å²) in [4.78, 5) is 17.3. The molecule has 0 aliphatic heterocycles. The van der Waals surface area contributed by atoms with Crippen molar-refractivity contribution in [3.63, 3.8) is 0 Å². The van der Waals surface area contributed by atoms with Gasteiger partial charge in [0, 0.05) is 36.7 Å². The molecule has 6 heteroatoms. The van der Waals surface area contributed by atoms with Crippen LogP contribution in [-0.4, -0.2) is 37.9 Å². The lowest BCUT2D eigenvalue weighted by Crippen LogP contribution is -2.50. The van der Waals surface area contributed by atoms with E-state index in [1.54, 1.807) is 12.4 Å². The molecule has 1 atom stereocenters. The molecule has 6 nitrogen and oxygen atoms in total. The summed E-state index contributed by atoms with van der Waals surface area (Å²) in [5, 5.41) is 17.2. The number of nitrogens with one attached hydrogen (secondary N) is 1. The minimum absolute atomic E-state index is 0.0286. The lowest BCUT2D eigenvalue weighted by molar-refractivity contribution is -0.128. The minimum atomic E-state index is -0.323. The van der Waals surface area contributed by atoms with Gasteiger partial charge in [-0.15, -0.1) is 0 Å². The first-order chi connectivity index (χ1) is 12.1. The topological polar surface area (TPSA) is 80.0 Å². The largest absolute Gasteiger partial charge is 0.393 e. The number of hydrogen-bond acceptors (Lipinski definition) is 4. The molecule has 0 aromatic carbocycles. The van der Waals surface area contributed by atoms with Gasteiger partial charge < -0.3 is 10.4 Å². The van der Waals surface area contributed by atoms with Crippen LogP contribution in [0.3, 0.4) is 0 Å². The zero-order chi connectivity index (χ0) is 17.3. The molecule has 4 rings (SSSR count). The molecule has 1 amide bonds. The Morgan fingerprint density at radius 2 is 2.16 bits per heavy atom. The van der Waals surface area contributed by atoms with Gasteiger partial charge in [0.1, 0.15) is 0 Å². The quantitative estimate of drug-likeness (QED) is 0.801. The molecule has 2 aromatic rings. The predicted octanol–water partition coefficient (Wildman–Crippen LogP) is 1.56. The second-order valence-electron chi connectivity index (χ2n) is 7.47. The van der Waals surface area contributed by atoms with Crippen LogP contribution in [0, 0.1) is 11.3 Å². The van der Waals surface area contributed by atoms with Gasteiger partial charge in [0.25, 0.3) is 0 Å². The molecule has 2 saturated carbocycles. The number of carbonyl (C=O) groups excluding carboxylic acids is 1. The Hall–Kier alpha value is -2.21. The first-order valence-electron chi connectivity index (χ1n) is 9.01. The number of hydrogen-bond donors (Lipinski definition) is 2. The molecule has 0 bridgehead atoms. The van der Waals surface area contributed by atoms with Gasteiger partial charge in [0.2, 0.25) is 5.91 Å². The van der Waals surface area contributed by atoms with Crippen molar-refractivity contribution < 1.29 is 9.90 Å². The Bertz CT molecular complexity index is 706. The molecule has 0 unspecified atom stereocenters. The molecule has 2 heterocycles. The van der Waals surface area contributed by atoms with Crippen molar-refractivity contribution in [2.24, 2.45) is 11.3 Å². The molecular weight excluding hydrogens is 316 g/mol. The predicted molar refractivity (Wildman–Crippen MR) is 92.5 cm³/mol. The second-order valence-corrected chi connectivity index (χ2v) is 7.47. The monoisotopic (exact) mass is 340 g/mol. The molecular formula is C19H24N4O2. The number of rotatable bonds is 7. The number of aliphatic hydroxyl groups excluding tert-OH is 1. The normalized spacial score (nSPS) is 25.0. The zero-order valence-electron chi connectivity index (χ0n) is 14.2. The summed E-state index contributed by atoms with van der Waals surface area (Å²) in [6.07, 6.45) is 9.23. The zero-order valence-corrected chi connectivity index (χ0v) is 14.2. The molecule has 2 fully saturated rings. The Balaban J connectivity index is 1.43. The van der Waals surface area contributed by atoms with Gasteiger partial charge in [-0.2, -0.15) is 5.10 Å². The van der Waals surface area contributed by atoms with E-state index in [1.807, 2.05) is 35.1 Å². The lowest BCUT2D eigenvalue weighted by Gasteiger charge is -2.38. The van der Waals surface area contributed by atoms with Crippen LogP contribution in [-0.2, 0) is 17.8 Å². The van der Waals surface area contributed by atoms with E-state index in [1.165, 1.54) is 0 Å². The van der Waals surface area contributed by atoms with Crippen molar-refractivity contribution in [2.75, 3.05) is 0 Å². The van der Waals surface area contributed by atoms with E-state index in [0.717, 1.165) is 31.4 Å². The number of amides is 1. The van der Waals surface area contributed by atoms with Gasteiger partial charge in [-0.05, 0) is 49.8 Å². The van der Waals surface area contributed by atoms with E-state index in [9.17, 15) is 9.90 Å². The highest BCUT2D eigenvalue weighted by atomic mass is 16.3. The van der Waals surface area contributed by atoms with E-state index in [0.29, 0.717) is 18.9 Å². The second kappa shape index (κ2) is 6.59. The molecule has 0 radical (unpaired) electrons. The van der Waals surface area contributed by atoms with E-state index in [2.05, 4.69) is 15.4 Å². The van der Waals surface area contributed by atoms with Crippen molar-refractivity contribution in [1.82, 2.24) is 20.1 Å². The summed E-state index contributed by atoms with van der Waals surface area (Å²) in [5.41, 5.74) is 0.655. The number of aliphatic hydroxyl groups is 1. The lowest BCUT2D eigenvalue weighted by atomic mass is 9.75. The standard InChI is InChI=1S/C19H24N4O2/c24-16-10-14(11-16)17(12-15-4-1-2-7-20-15)22-18(25)19(5-6-19)13-23-9-3-8-21-23/h1-4,7-9,14,16-17,24H,5-6,10-13H2,(H,22,25)/t14?,16?,17-/m1/s1. The SMILES string of the molecule is O=C(N[C@H](Cc1ccccn1)C1CC(O)C1)C1(Cn2cccn2)CC1. The number of pyridine rings is 1. The van der Waals surface area contributed by atoms with Crippen LogP contribution in [0.1, 0.15) is 31.4 Å². The summed E-state index contributed by atoms with van der Waals surface area (Å²) in [5.74, 6) is 0.437. The fourth-order valence-corrected chi connectivity index (χ4v) is 3.67. The highest BCUT2D eigenvalue weighted by Gasteiger charge is 2.51. The van der Waals surface area contributed by atoms with Crippen LogP contribution in [0.5, 0.6) is 0 Å². The summed E-state index contributed by atoms with van der Waals surface area (Å²) < 4.78 is 1.84. The Kier molecular flexibility index (Phi) is 4.29. The highest BCUT2D eigenvalue weighted by molar-refractivity contribution is 5.85. The maximum atomic E-state index is 12.9. The fraction of sp³-hybridized carbons (Fsp3) is 0.526. The minimum Gasteiger partial charge on any atom is -0.393 e. The molecule has 2 N–H and O–H groups in total. The van der Waals surface area contributed by atoms with Gasteiger partial charge in [0.05, 0.1) is 18.1 Å². The average Bonchev–Trinajstić information content (AvgIpc) is 3.19.